The summed E-state index contributed by atoms with van der Waals surface area (Å²) in [6, 6.07) is 25.0. The van der Waals surface area contributed by atoms with E-state index in [-0.39, 0.29) is 71.8 Å². The largest absolute Gasteiger partial charge is 0.322 e. The maximum atomic E-state index is 13.7. The third-order valence-electron chi connectivity index (χ3n) is 8.80. The van der Waals surface area contributed by atoms with Gasteiger partial charge in [-0.2, -0.15) is 10.2 Å². The highest BCUT2D eigenvalue weighted by Crippen LogP contribution is 2.32. The molecule has 16 nitrogen and oxygen atoms in total. The quantitative estimate of drug-likeness (QED) is 0.0597. The highest BCUT2D eigenvalue weighted by atomic mass is 35.5. The van der Waals surface area contributed by atoms with Crippen LogP contribution in [0, 0.1) is 20.2 Å². The van der Waals surface area contributed by atoms with Crippen LogP contribution in [0.4, 0.5) is 34.1 Å². The van der Waals surface area contributed by atoms with Gasteiger partial charge in [0.25, 0.3) is 23.2 Å². The molecular formula is C40H23Cl3N8O8. The number of nitrogens with zero attached hydrogens (tertiary/aromatic N) is 4. The number of nitro benzene ring substituents is 2. The number of hydrogen-bond acceptors (Lipinski definition) is 12. The molecular weight excluding hydrogens is 827 g/mol. The fourth-order valence-corrected chi connectivity index (χ4v) is 6.55. The summed E-state index contributed by atoms with van der Waals surface area (Å²) in [6.45, 7) is 0. The van der Waals surface area contributed by atoms with Crippen molar-refractivity contribution >= 4 is 116 Å². The van der Waals surface area contributed by atoms with Gasteiger partial charge >= 0.3 is 0 Å². The molecule has 2 aliphatic rings. The molecule has 292 valence electrons. The topological polar surface area (TPSA) is 227 Å². The maximum Gasteiger partial charge on any atom is 0.295 e. The molecule has 59 heavy (non-hydrogen) atoms. The monoisotopic (exact) mass is 848 g/mol. The first-order valence-corrected chi connectivity index (χ1v) is 18.1. The van der Waals surface area contributed by atoms with Crippen molar-refractivity contribution in [3.63, 3.8) is 0 Å². The van der Waals surface area contributed by atoms with Crippen LogP contribution in [-0.4, -0.2) is 44.7 Å². The molecule has 2 amide bonds. The van der Waals surface area contributed by atoms with Crippen molar-refractivity contribution in [3.05, 3.63) is 172 Å². The molecule has 5 aromatic carbocycles. The number of hydrogen-bond donors (Lipinski definition) is 4. The van der Waals surface area contributed by atoms with Gasteiger partial charge in [-0.25, -0.2) is 0 Å². The number of nitrogens with one attached hydrogen (secondary N) is 4. The lowest BCUT2D eigenvalue weighted by Crippen LogP contribution is -2.30. The van der Waals surface area contributed by atoms with Gasteiger partial charge in [0.2, 0.25) is 11.6 Å². The Labute approximate surface area is 347 Å². The van der Waals surface area contributed by atoms with E-state index in [2.05, 4.69) is 31.7 Å². The van der Waals surface area contributed by atoms with E-state index >= 15 is 0 Å². The van der Waals surface area contributed by atoms with Crippen LogP contribution in [0.3, 0.4) is 0 Å². The molecule has 7 rings (SSSR count). The predicted molar refractivity (Wildman–Crippen MR) is 224 cm³/mol. The first-order chi connectivity index (χ1) is 28.3. The fourth-order valence-electron chi connectivity index (χ4n) is 5.99. The Balaban J connectivity index is 1.09. The van der Waals surface area contributed by atoms with E-state index in [4.69, 9.17) is 34.8 Å². The summed E-state index contributed by atoms with van der Waals surface area (Å²) >= 11 is 18.4. The van der Waals surface area contributed by atoms with Gasteiger partial charge in [0, 0.05) is 39.0 Å². The summed E-state index contributed by atoms with van der Waals surface area (Å²) < 4.78 is 0. The van der Waals surface area contributed by atoms with Crippen molar-refractivity contribution in [1.29, 1.82) is 0 Å². The smallest absolute Gasteiger partial charge is 0.295 e. The molecule has 0 aliphatic heterocycles. The zero-order chi connectivity index (χ0) is 42.0. The zero-order valence-electron chi connectivity index (χ0n) is 29.7. The molecule has 0 fully saturated rings. The number of rotatable bonds is 10. The number of carbonyl (C=O) groups excluding carboxylic acids is 4. The summed E-state index contributed by atoms with van der Waals surface area (Å²) in [5.41, 5.74) is 5.14. The van der Waals surface area contributed by atoms with Crippen molar-refractivity contribution in [3.8, 4) is 0 Å². The average Bonchev–Trinajstić information content (AvgIpc) is 3.21. The second-order valence-electron chi connectivity index (χ2n) is 12.5. The van der Waals surface area contributed by atoms with E-state index < -0.39 is 33.2 Å². The van der Waals surface area contributed by atoms with Crippen molar-refractivity contribution in [1.82, 2.24) is 0 Å². The van der Waals surface area contributed by atoms with Crippen molar-refractivity contribution in [2.75, 3.05) is 21.5 Å². The summed E-state index contributed by atoms with van der Waals surface area (Å²) in [5, 5.41) is 36.9. The van der Waals surface area contributed by atoms with Crippen molar-refractivity contribution in [2.24, 2.45) is 10.2 Å². The minimum absolute atomic E-state index is 0.0402. The standard InChI is InChI=1S/C40H23Cl3N8O8/c41-22-9-12-31(33(17-22)50(56)57)46-48-35-25-7-3-1-5-20(25)15-27(37(35)52)39(54)44-24-11-14-30(29(43)19-24)45-40(55)28-16-21-6-2-4-8-26(21)36(38(28)53)49-47-32-13-10-23(42)18-34(32)51(58)59/h1-19,46-47H,(H,44,54)(H,45,55). The van der Waals surface area contributed by atoms with Gasteiger partial charge in [0.15, 0.2) is 0 Å². The number of carbonyl (C=O) groups is 4. The molecule has 0 bridgehead atoms. The Bertz CT molecular complexity index is 2820. The van der Waals surface area contributed by atoms with E-state index in [0.717, 1.165) is 12.1 Å². The number of fused-ring (bicyclic) bond motifs is 2. The molecule has 0 heterocycles. The Morgan fingerprint density at radius 1 is 0.559 bits per heavy atom. The molecule has 0 aromatic heterocycles. The van der Waals surface area contributed by atoms with Gasteiger partial charge in [0.1, 0.15) is 22.8 Å². The van der Waals surface area contributed by atoms with Crippen LogP contribution in [0.5, 0.6) is 0 Å². The number of halogens is 3. The molecule has 0 saturated carbocycles. The summed E-state index contributed by atoms with van der Waals surface area (Å²) in [4.78, 5) is 76.4. The number of anilines is 4. The predicted octanol–water partition coefficient (Wildman–Crippen LogP) is 8.31. The van der Waals surface area contributed by atoms with E-state index in [1.165, 1.54) is 54.6 Å². The summed E-state index contributed by atoms with van der Waals surface area (Å²) in [6.07, 6.45) is 2.75. The first-order valence-electron chi connectivity index (χ1n) is 17.0. The third kappa shape index (κ3) is 8.31. The van der Waals surface area contributed by atoms with Gasteiger partial charge in [-0.15, -0.1) is 0 Å². The van der Waals surface area contributed by atoms with E-state index in [1.807, 2.05) is 0 Å². The molecule has 5 aromatic rings. The molecule has 2 aliphatic carbocycles. The Hall–Kier alpha value is -7.53. The van der Waals surface area contributed by atoms with E-state index in [0.29, 0.717) is 22.3 Å². The van der Waals surface area contributed by atoms with E-state index in [1.54, 1.807) is 48.5 Å². The zero-order valence-corrected chi connectivity index (χ0v) is 31.9. The lowest BCUT2D eigenvalue weighted by atomic mass is 9.89. The van der Waals surface area contributed by atoms with Crippen LogP contribution < -0.4 is 21.5 Å². The lowest BCUT2D eigenvalue weighted by Gasteiger charge is -2.18. The molecule has 0 radical (unpaired) electrons. The highest BCUT2D eigenvalue weighted by molar-refractivity contribution is 6.60. The first kappa shape index (κ1) is 39.7. The SMILES string of the molecule is O=C(Nc1ccc(NC(=O)C2=Cc3ccccc3C(=NNc3ccc(Cl)cc3[N+](=O)[O-])C2=O)c(Cl)c1)C1=Cc2ccccc2C(=NNc2ccc(Cl)cc2[N+](=O)[O-])C1=O. The normalized spacial score (nSPS) is 14.4. The highest BCUT2D eigenvalue weighted by Gasteiger charge is 2.32. The number of nitro groups is 2. The minimum atomic E-state index is -0.852. The van der Waals surface area contributed by atoms with Gasteiger partial charge in [-0.3, -0.25) is 50.3 Å². The number of amides is 2. The van der Waals surface area contributed by atoms with E-state index in [9.17, 15) is 39.4 Å². The molecule has 0 saturated heterocycles. The summed E-state index contributed by atoms with van der Waals surface area (Å²) in [5.74, 6) is -3.25. The van der Waals surface area contributed by atoms with Gasteiger partial charge in [-0.05, 0) is 65.7 Å². The van der Waals surface area contributed by atoms with Crippen LogP contribution in [0.2, 0.25) is 15.1 Å². The number of ketones is 2. The fraction of sp³-hybridized carbons (Fsp3) is 0. The van der Waals surface area contributed by atoms with Crippen molar-refractivity contribution < 1.29 is 29.0 Å². The Kier molecular flexibility index (Phi) is 11.1. The second-order valence-corrected chi connectivity index (χ2v) is 13.8. The van der Waals surface area contributed by atoms with Crippen LogP contribution in [0.1, 0.15) is 22.3 Å². The van der Waals surface area contributed by atoms with Gasteiger partial charge in [-0.1, -0.05) is 83.3 Å². The number of Topliss-reactive ketones (excluding diaryl/α,β-unsaturated/α-hetero) is 2. The maximum absolute atomic E-state index is 13.7. The molecule has 0 spiro atoms. The Morgan fingerprint density at radius 2 is 1.00 bits per heavy atom. The van der Waals surface area contributed by atoms with Gasteiger partial charge < -0.3 is 10.6 Å². The molecule has 4 N–H and O–H groups in total. The van der Waals surface area contributed by atoms with Crippen LogP contribution >= 0.6 is 34.8 Å². The lowest BCUT2D eigenvalue weighted by molar-refractivity contribution is -0.384. The van der Waals surface area contributed by atoms with Crippen LogP contribution in [-0.2, 0) is 19.2 Å². The molecule has 0 atom stereocenters. The Morgan fingerprint density at radius 3 is 1.46 bits per heavy atom. The minimum Gasteiger partial charge on any atom is -0.322 e. The summed E-state index contributed by atoms with van der Waals surface area (Å²) in [7, 11) is 0. The number of hydrazone groups is 2. The second kappa shape index (κ2) is 16.5. The third-order valence-corrected chi connectivity index (χ3v) is 9.59. The van der Waals surface area contributed by atoms with Gasteiger partial charge in [0.05, 0.1) is 31.7 Å². The average molecular weight is 850 g/mol. The van der Waals surface area contributed by atoms with Crippen LogP contribution in [0.15, 0.2) is 124 Å². The van der Waals surface area contributed by atoms with Crippen LogP contribution in [0.25, 0.3) is 12.2 Å². The van der Waals surface area contributed by atoms with Crippen molar-refractivity contribution in [2.45, 2.75) is 0 Å². The molecule has 19 heteroatoms. The molecule has 0 unspecified atom stereocenters. The number of benzene rings is 5.